The molecule has 1 saturated carbocycles. The van der Waals surface area contributed by atoms with Gasteiger partial charge in [-0.1, -0.05) is 40.2 Å². The highest BCUT2D eigenvalue weighted by Gasteiger charge is 2.59. The smallest absolute Gasteiger partial charge is 0.314 e. The highest BCUT2D eigenvalue weighted by molar-refractivity contribution is 5.87. The predicted molar refractivity (Wildman–Crippen MR) is 112 cm³/mol. The van der Waals surface area contributed by atoms with E-state index < -0.39 is 23.3 Å². The normalized spacial score (nSPS) is 24.6. The highest BCUT2D eigenvalue weighted by atomic mass is 16.6. The van der Waals surface area contributed by atoms with Crippen molar-refractivity contribution in [3.8, 4) is 11.5 Å². The molecule has 164 valence electrons. The molecule has 6 heteroatoms. The Labute approximate surface area is 177 Å². The third-order valence-electron chi connectivity index (χ3n) is 6.92. The first kappa shape index (κ1) is 22.3. The van der Waals surface area contributed by atoms with Gasteiger partial charge in [-0.05, 0) is 48.5 Å². The van der Waals surface area contributed by atoms with Gasteiger partial charge in [-0.25, -0.2) is 0 Å². The summed E-state index contributed by atoms with van der Waals surface area (Å²) in [6.45, 7) is 10.8. The van der Waals surface area contributed by atoms with E-state index in [4.69, 9.17) is 9.47 Å². The lowest BCUT2D eigenvalue weighted by Gasteiger charge is -2.53. The molecular weight excluding hydrogens is 384 g/mol. The molecule has 2 atom stereocenters. The second-order valence-electron chi connectivity index (χ2n) is 9.71. The van der Waals surface area contributed by atoms with Crippen LogP contribution in [0.25, 0.3) is 0 Å². The van der Waals surface area contributed by atoms with Crippen molar-refractivity contribution >= 4 is 17.9 Å². The number of esters is 2. The number of fused-ring (bicyclic) bond motifs is 3. The van der Waals surface area contributed by atoms with Crippen molar-refractivity contribution in [2.45, 2.75) is 85.0 Å². The second kappa shape index (κ2) is 7.71. The SMILES string of the molecule is CC(=O)Oc1c(C(C)C)cc2c(c1OC(C)=O)[C@@]1(C(=O)O)CCCC(C)(C)C1CC2. The number of hydrogen-bond donors (Lipinski definition) is 1. The van der Waals surface area contributed by atoms with Gasteiger partial charge in [0.05, 0.1) is 0 Å². The van der Waals surface area contributed by atoms with Crippen molar-refractivity contribution in [1.82, 2.24) is 0 Å². The van der Waals surface area contributed by atoms with Crippen LogP contribution in [-0.4, -0.2) is 23.0 Å². The quantitative estimate of drug-likeness (QED) is 0.562. The van der Waals surface area contributed by atoms with Crippen LogP contribution in [0.5, 0.6) is 11.5 Å². The van der Waals surface area contributed by atoms with E-state index in [1.54, 1.807) is 0 Å². The molecule has 0 bridgehead atoms. The van der Waals surface area contributed by atoms with Crippen LogP contribution in [0.1, 0.15) is 89.8 Å². The Kier molecular flexibility index (Phi) is 5.74. The van der Waals surface area contributed by atoms with E-state index >= 15 is 0 Å². The maximum atomic E-state index is 12.9. The van der Waals surface area contributed by atoms with Gasteiger partial charge >= 0.3 is 17.9 Å². The van der Waals surface area contributed by atoms with Crippen molar-refractivity contribution in [3.05, 3.63) is 22.8 Å². The van der Waals surface area contributed by atoms with Gasteiger partial charge in [-0.3, -0.25) is 14.4 Å². The molecule has 2 aliphatic carbocycles. The van der Waals surface area contributed by atoms with Gasteiger partial charge in [0.2, 0.25) is 0 Å². The van der Waals surface area contributed by atoms with Crippen molar-refractivity contribution in [3.63, 3.8) is 0 Å². The molecule has 1 aromatic rings. The molecule has 30 heavy (non-hydrogen) atoms. The number of carboxylic acid groups (broad SMARTS) is 1. The summed E-state index contributed by atoms with van der Waals surface area (Å²) in [5.41, 5.74) is 0.802. The monoisotopic (exact) mass is 416 g/mol. The first-order valence-corrected chi connectivity index (χ1v) is 10.7. The van der Waals surface area contributed by atoms with Crippen molar-refractivity contribution in [2.24, 2.45) is 11.3 Å². The van der Waals surface area contributed by atoms with Crippen LogP contribution in [0.15, 0.2) is 6.07 Å². The molecule has 0 spiro atoms. The maximum absolute atomic E-state index is 12.9. The Morgan fingerprint density at radius 1 is 1.07 bits per heavy atom. The first-order chi connectivity index (χ1) is 13.9. The van der Waals surface area contributed by atoms with E-state index in [9.17, 15) is 19.5 Å². The van der Waals surface area contributed by atoms with E-state index in [1.807, 2.05) is 19.9 Å². The molecular formula is C24H32O6. The summed E-state index contributed by atoms with van der Waals surface area (Å²) >= 11 is 0. The molecule has 0 heterocycles. The topological polar surface area (TPSA) is 89.9 Å². The Bertz CT molecular complexity index is 897. The van der Waals surface area contributed by atoms with Crippen LogP contribution >= 0.6 is 0 Å². The average Bonchev–Trinajstić information content (AvgIpc) is 2.61. The Hall–Kier alpha value is -2.37. The van der Waals surface area contributed by atoms with Gasteiger partial charge in [0.15, 0.2) is 11.5 Å². The van der Waals surface area contributed by atoms with Gasteiger partial charge in [0.1, 0.15) is 5.41 Å². The lowest BCUT2D eigenvalue weighted by atomic mass is 9.49. The molecule has 6 nitrogen and oxygen atoms in total. The molecule has 1 fully saturated rings. The van der Waals surface area contributed by atoms with Crippen molar-refractivity contribution in [1.29, 1.82) is 0 Å². The van der Waals surface area contributed by atoms with Crippen LogP contribution in [0.2, 0.25) is 0 Å². The number of carboxylic acids is 1. The van der Waals surface area contributed by atoms with Crippen LogP contribution in [-0.2, 0) is 26.2 Å². The predicted octanol–water partition coefficient (Wildman–Crippen LogP) is 4.76. The number of aliphatic carboxylic acids is 1. The number of hydrogen-bond acceptors (Lipinski definition) is 5. The van der Waals surface area contributed by atoms with E-state index in [2.05, 4.69) is 13.8 Å². The summed E-state index contributed by atoms with van der Waals surface area (Å²) in [4.78, 5) is 36.9. The number of rotatable bonds is 4. The van der Waals surface area contributed by atoms with E-state index in [-0.39, 0.29) is 28.7 Å². The highest BCUT2D eigenvalue weighted by Crippen LogP contribution is 2.61. The molecule has 1 unspecified atom stereocenters. The van der Waals surface area contributed by atoms with Crippen LogP contribution < -0.4 is 9.47 Å². The van der Waals surface area contributed by atoms with Gasteiger partial charge in [0, 0.05) is 25.0 Å². The molecule has 3 rings (SSSR count). The van der Waals surface area contributed by atoms with Gasteiger partial charge in [0.25, 0.3) is 0 Å². The second-order valence-corrected chi connectivity index (χ2v) is 9.71. The molecule has 0 aromatic heterocycles. The standard InChI is InChI=1S/C24H32O6/c1-13(2)17-12-16-8-9-18-23(5,6)10-7-11-24(18,22(27)28)19(16)21(30-15(4)26)20(17)29-14(3)25/h12-13,18H,7-11H2,1-6H3,(H,27,28)/t18?,24-/m1/s1. The summed E-state index contributed by atoms with van der Waals surface area (Å²) in [5.74, 6) is -1.82. The summed E-state index contributed by atoms with van der Waals surface area (Å²) in [7, 11) is 0. The van der Waals surface area contributed by atoms with Gasteiger partial charge < -0.3 is 14.6 Å². The zero-order chi connectivity index (χ0) is 22.4. The Morgan fingerprint density at radius 2 is 1.67 bits per heavy atom. The molecule has 2 aliphatic rings. The van der Waals surface area contributed by atoms with E-state index in [1.165, 1.54) is 13.8 Å². The molecule has 1 N–H and O–H groups in total. The van der Waals surface area contributed by atoms with Crippen LogP contribution in [0.3, 0.4) is 0 Å². The zero-order valence-corrected chi connectivity index (χ0v) is 18.8. The minimum atomic E-state index is -1.18. The van der Waals surface area contributed by atoms with Crippen LogP contribution in [0.4, 0.5) is 0 Å². The van der Waals surface area contributed by atoms with Crippen LogP contribution in [0, 0.1) is 11.3 Å². The first-order valence-electron chi connectivity index (χ1n) is 10.7. The summed E-state index contributed by atoms with van der Waals surface area (Å²) in [5, 5.41) is 10.6. The van der Waals surface area contributed by atoms with Gasteiger partial charge in [-0.2, -0.15) is 0 Å². The summed E-state index contributed by atoms with van der Waals surface area (Å²) in [6, 6.07) is 1.95. The zero-order valence-electron chi connectivity index (χ0n) is 18.8. The average molecular weight is 417 g/mol. The molecule has 0 amide bonds. The summed E-state index contributed by atoms with van der Waals surface area (Å²) in [6.07, 6.45) is 3.65. The number of carbonyl (C=O) groups is 3. The van der Waals surface area contributed by atoms with E-state index in [0.29, 0.717) is 18.4 Å². The number of ether oxygens (including phenoxy) is 2. The fraction of sp³-hybridized carbons (Fsp3) is 0.625. The van der Waals surface area contributed by atoms with Crippen molar-refractivity contribution < 1.29 is 29.0 Å². The third-order valence-corrected chi connectivity index (χ3v) is 6.92. The Morgan fingerprint density at radius 3 is 2.20 bits per heavy atom. The maximum Gasteiger partial charge on any atom is 0.314 e. The number of benzene rings is 1. The Balaban J connectivity index is 2.42. The summed E-state index contributed by atoms with van der Waals surface area (Å²) < 4.78 is 11.2. The fourth-order valence-corrected chi connectivity index (χ4v) is 5.76. The number of carbonyl (C=O) groups excluding carboxylic acids is 2. The molecule has 1 aromatic carbocycles. The van der Waals surface area contributed by atoms with Crippen molar-refractivity contribution in [2.75, 3.05) is 0 Å². The number of aryl methyl sites for hydroxylation is 1. The fourth-order valence-electron chi connectivity index (χ4n) is 5.76. The molecule has 0 saturated heterocycles. The minimum absolute atomic E-state index is 0.000238. The van der Waals surface area contributed by atoms with Gasteiger partial charge in [-0.15, -0.1) is 0 Å². The lowest BCUT2D eigenvalue weighted by Crippen LogP contribution is -2.54. The largest absolute Gasteiger partial charge is 0.481 e. The minimum Gasteiger partial charge on any atom is -0.481 e. The molecule has 0 aliphatic heterocycles. The third kappa shape index (κ3) is 3.50. The lowest BCUT2D eigenvalue weighted by molar-refractivity contribution is -0.153. The molecule has 0 radical (unpaired) electrons. The van der Waals surface area contributed by atoms with E-state index in [0.717, 1.165) is 30.4 Å².